The molecule has 35 heavy (non-hydrogen) atoms. The molecule has 0 bridgehead atoms. The number of carbonyl (C=O) groups excluding carboxylic acids is 1. The maximum Gasteiger partial charge on any atom is 0.251 e. The van der Waals surface area contributed by atoms with Crippen LogP contribution in [0.25, 0.3) is 5.65 Å². The SMILES string of the molecule is Cc1cccc(C(CNC(=O)c2ccc(SCc3cn4ccccc4n3)cc2)N2CCOCC2)c1. The summed E-state index contributed by atoms with van der Waals surface area (Å²) in [7, 11) is 0. The van der Waals surface area contributed by atoms with Crippen LogP contribution in [0.3, 0.4) is 0 Å². The fourth-order valence-electron chi connectivity index (χ4n) is 4.43. The zero-order chi connectivity index (χ0) is 24.0. The Balaban J connectivity index is 1.19. The summed E-state index contributed by atoms with van der Waals surface area (Å²) in [6.45, 7) is 5.85. The molecule has 5 rings (SSSR count). The van der Waals surface area contributed by atoms with E-state index >= 15 is 0 Å². The van der Waals surface area contributed by atoms with Gasteiger partial charge in [-0.15, -0.1) is 11.8 Å². The third-order valence-electron chi connectivity index (χ3n) is 6.29. The molecule has 0 spiro atoms. The molecule has 1 unspecified atom stereocenters. The molecule has 1 amide bonds. The largest absolute Gasteiger partial charge is 0.379 e. The van der Waals surface area contributed by atoms with Crippen molar-refractivity contribution in [2.75, 3.05) is 32.8 Å². The number of aromatic nitrogens is 2. The molecule has 1 saturated heterocycles. The number of fused-ring (bicyclic) bond motifs is 1. The highest BCUT2D eigenvalue weighted by atomic mass is 32.2. The van der Waals surface area contributed by atoms with Gasteiger partial charge in [0.25, 0.3) is 5.91 Å². The second kappa shape index (κ2) is 11.1. The monoisotopic (exact) mass is 486 g/mol. The molecule has 1 fully saturated rings. The summed E-state index contributed by atoms with van der Waals surface area (Å²) in [5, 5.41) is 3.17. The van der Waals surface area contributed by atoms with E-state index in [1.807, 2.05) is 53.1 Å². The van der Waals surface area contributed by atoms with Crippen molar-refractivity contribution in [3.8, 4) is 0 Å². The smallest absolute Gasteiger partial charge is 0.251 e. The summed E-state index contributed by atoms with van der Waals surface area (Å²) in [6.07, 6.45) is 4.07. The highest BCUT2D eigenvalue weighted by molar-refractivity contribution is 7.98. The Labute approximate surface area is 210 Å². The lowest BCUT2D eigenvalue weighted by Crippen LogP contribution is -2.43. The van der Waals surface area contributed by atoms with E-state index in [-0.39, 0.29) is 11.9 Å². The number of imidazole rings is 1. The first-order chi connectivity index (χ1) is 17.2. The van der Waals surface area contributed by atoms with Crippen LogP contribution in [0.4, 0.5) is 0 Å². The number of pyridine rings is 1. The number of hydrogen-bond donors (Lipinski definition) is 1. The molecule has 180 valence electrons. The molecule has 1 aliphatic heterocycles. The lowest BCUT2D eigenvalue weighted by Gasteiger charge is -2.35. The number of hydrogen-bond acceptors (Lipinski definition) is 5. The second-order valence-electron chi connectivity index (χ2n) is 8.80. The van der Waals surface area contributed by atoms with E-state index in [0.29, 0.717) is 12.1 Å². The van der Waals surface area contributed by atoms with Gasteiger partial charge < -0.3 is 14.5 Å². The van der Waals surface area contributed by atoms with Crippen LogP contribution >= 0.6 is 11.8 Å². The average molecular weight is 487 g/mol. The summed E-state index contributed by atoms with van der Waals surface area (Å²) in [5.74, 6) is 0.734. The van der Waals surface area contributed by atoms with E-state index in [1.54, 1.807) is 11.8 Å². The van der Waals surface area contributed by atoms with Crippen LogP contribution in [0.15, 0.2) is 84.0 Å². The average Bonchev–Trinajstić information content (AvgIpc) is 3.32. The minimum Gasteiger partial charge on any atom is -0.379 e. The number of amides is 1. The third kappa shape index (κ3) is 5.93. The van der Waals surface area contributed by atoms with Crippen molar-refractivity contribution in [3.63, 3.8) is 0 Å². The van der Waals surface area contributed by atoms with Crippen molar-refractivity contribution in [1.29, 1.82) is 0 Å². The number of nitrogens with one attached hydrogen (secondary N) is 1. The molecule has 1 atom stereocenters. The molecule has 1 N–H and O–H groups in total. The summed E-state index contributed by atoms with van der Waals surface area (Å²) < 4.78 is 7.57. The van der Waals surface area contributed by atoms with Crippen LogP contribution in [0.2, 0.25) is 0 Å². The Hall–Kier alpha value is -3.13. The standard InChI is InChI=1S/C28H30N4O2S/c1-21-5-4-6-23(17-21)26(31-13-15-34-16-14-31)18-29-28(33)22-8-10-25(11-9-22)35-20-24-19-32-12-3-2-7-27(32)30-24/h2-12,17,19,26H,13-16,18,20H2,1H3,(H,29,33). The third-order valence-corrected chi connectivity index (χ3v) is 7.33. The summed E-state index contributed by atoms with van der Waals surface area (Å²) in [6, 6.07) is 22.5. The van der Waals surface area contributed by atoms with E-state index in [0.717, 1.165) is 48.3 Å². The van der Waals surface area contributed by atoms with Gasteiger partial charge in [0.1, 0.15) is 5.65 Å². The van der Waals surface area contributed by atoms with Gasteiger partial charge in [-0.2, -0.15) is 0 Å². The van der Waals surface area contributed by atoms with Crippen molar-refractivity contribution in [1.82, 2.24) is 19.6 Å². The van der Waals surface area contributed by atoms with E-state index < -0.39 is 0 Å². The first-order valence-electron chi connectivity index (χ1n) is 12.0. The van der Waals surface area contributed by atoms with Crippen molar-refractivity contribution >= 4 is 23.3 Å². The molecule has 0 radical (unpaired) electrons. The van der Waals surface area contributed by atoms with Crippen molar-refractivity contribution in [2.24, 2.45) is 0 Å². The van der Waals surface area contributed by atoms with Gasteiger partial charge in [0.05, 0.1) is 24.9 Å². The van der Waals surface area contributed by atoms with Gasteiger partial charge >= 0.3 is 0 Å². The van der Waals surface area contributed by atoms with Gasteiger partial charge in [0.2, 0.25) is 0 Å². The topological polar surface area (TPSA) is 58.9 Å². The van der Waals surface area contributed by atoms with Crippen molar-refractivity contribution in [2.45, 2.75) is 23.6 Å². The van der Waals surface area contributed by atoms with E-state index in [1.165, 1.54) is 11.1 Å². The Morgan fingerprint density at radius 2 is 1.91 bits per heavy atom. The summed E-state index contributed by atoms with van der Waals surface area (Å²) in [4.78, 5) is 21.1. The number of nitrogens with zero attached hydrogens (tertiary/aromatic N) is 3. The molecule has 1 aliphatic rings. The quantitative estimate of drug-likeness (QED) is 0.365. The maximum atomic E-state index is 12.9. The number of aryl methyl sites for hydroxylation is 1. The minimum atomic E-state index is -0.0483. The summed E-state index contributed by atoms with van der Waals surface area (Å²) >= 11 is 1.72. The van der Waals surface area contributed by atoms with Crippen LogP contribution in [-0.2, 0) is 10.5 Å². The molecule has 7 heteroatoms. The van der Waals surface area contributed by atoms with Gasteiger partial charge in [-0.1, -0.05) is 35.9 Å². The van der Waals surface area contributed by atoms with E-state index in [2.05, 4.69) is 52.6 Å². The van der Waals surface area contributed by atoms with Crippen molar-refractivity contribution in [3.05, 3.63) is 102 Å². The molecule has 2 aromatic heterocycles. The van der Waals surface area contributed by atoms with Gasteiger partial charge in [0, 0.05) is 48.2 Å². The molecule has 3 heterocycles. The fraction of sp³-hybridized carbons (Fsp3) is 0.286. The van der Waals surface area contributed by atoms with Crippen LogP contribution in [0.5, 0.6) is 0 Å². The molecule has 2 aromatic carbocycles. The molecule has 6 nitrogen and oxygen atoms in total. The van der Waals surface area contributed by atoms with Gasteiger partial charge in [0.15, 0.2) is 0 Å². The molecule has 4 aromatic rings. The van der Waals surface area contributed by atoms with Crippen molar-refractivity contribution < 1.29 is 9.53 Å². The minimum absolute atomic E-state index is 0.0483. The number of benzene rings is 2. The Kier molecular flexibility index (Phi) is 7.47. The maximum absolute atomic E-state index is 12.9. The zero-order valence-corrected chi connectivity index (χ0v) is 20.7. The Bertz CT molecular complexity index is 1250. The predicted molar refractivity (Wildman–Crippen MR) is 140 cm³/mol. The predicted octanol–water partition coefficient (Wildman–Crippen LogP) is 4.74. The number of ether oxygens (including phenoxy) is 1. The molecular weight excluding hydrogens is 456 g/mol. The van der Waals surface area contributed by atoms with Gasteiger partial charge in [-0.05, 0) is 48.9 Å². The van der Waals surface area contributed by atoms with Crippen LogP contribution < -0.4 is 5.32 Å². The van der Waals surface area contributed by atoms with Crippen LogP contribution in [0, 0.1) is 6.92 Å². The Morgan fingerprint density at radius 1 is 1.09 bits per heavy atom. The highest BCUT2D eigenvalue weighted by Crippen LogP contribution is 2.24. The second-order valence-corrected chi connectivity index (χ2v) is 9.85. The van der Waals surface area contributed by atoms with E-state index in [9.17, 15) is 4.79 Å². The molecular formula is C28H30N4O2S. The zero-order valence-electron chi connectivity index (χ0n) is 19.9. The first kappa shape index (κ1) is 23.6. The normalized spacial score (nSPS) is 15.2. The highest BCUT2D eigenvalue weighted by Gasteiger charge is 2.23. The Morgan fingerprint density at radius 3 is 2.69 bits per heavy atom. The van der Waals surface area contributed by atoms with Gasteiger partial charge in [-0.25, -0.2) is 4.98 Å². The van der Waals surface area contributed by atoms with E-state index in [4.69, 9.17) is 4.74 Å². The first-order valence-corrected chi connectivity index (χ1v) is 13.0. The van der Waals surface area contributed by atoms with Gasteiger partial charge in [-0.3, -0.25) is 9.69 Å². The number of thioether (sulfide) groups is 1. The number of morpholine rings is 1. The lowest BCUT2D eigenvalue weighted by molar-refractivity contribution is 0.0162. The summed E-state index contributed by atoms with van der Waals surface area (Å²) in [5.41, 5.74) is 5.12. The number of carbonyl (C=O) groups is 1. The lowest BCUT2D eigenvalue weighted by atomic mass is 10.0. The fourth-order valence-corrected chi connectivity index (χ4v) is 5.21. The molecule has 0 aliphatic carbocycles. The number of rotatable bonds is 8. The van der Waals surface area contributed by atoms with Crippen LogP contribution in [-0.4, -0.2) is 53.0 Å². The molecule has 0 saturated carbocycles. The van der Waals surface area contributed by atoms with Crippen LogP contribution in [0.1, 0.15) is 33.2 Å².